The third kappa shape index (κ3) is 4.55. The molecule has 0 bridgehead atoms. The van der Waals surface area contributed by atoms with Crippen molar-refractivity contribution in [3.8, 4) is 11.4 Å². The molecule has 8 heteroatoms. The molecule has 2 amide bonds. The molecule has 0 radical (unpaired) electrons. The maximum absolute atomic E-state index is 12.3. The average molecular weight is 399 g/mol. The van der Waals surface area contributed by atoms with Gasteiger partial charge in [0.1, 0.15) is 0 Å². The number of benzene rings is 2. The highest BCUT2D eigenvalue weighted by Crippen LogP contribution is 2.22. The number of hydrogen-bond acceptors (Lipinski definition) is 5. The molecule has 2 N–H and O–H groups in total. The van der Waals surface area contributed by atoms with Gasteiger partial charge in [-0.05, 0) is 36.8 Å². The van der Waals surface area contributed by atoms with E-state index in [1.54, 1.807) is 42.5 Å². The Labute approximate surface area is 167 Å². The number of nitrogens with zero attached hydrogens (tertiary/aromatic N) is 2. The summed E-state index contributed by atoms with van der Waals surface area (Å²) in [4.78, 5) is 28.6. The lowest BCUT2D eigenvalue weighted by Crippen LogP contribution is -2.33. The number of aryl methyl sites for hydroxylation is 1. The van der Waals surface area contributed by atoms with Crippen LogP contribution in [0.1, 0.15) is 28.7 Å². The molecule has 1 aromatic heterocycles. The first-order valence-corrected chi connectivity index (χ1v) is 9.12. The quantitative estimate of drug-likeness (QED) is 0.660. The van der Waals surface area contributed by atoms with Crippen LogP contribution in [0.2, 0.25) is 5.02 Å². The molecule has 144 valence electrons. The van der Waals surface area contributed by atoms with Crippen LogP contribution in [0.4, 0.5) is 5.69 Å². The standard InChI is InChI=1S/C20H19ClN4O3/c1-3-18-24-19(25-28-18)13-7-9-14(10-8-13)20(27)22-11-17(26)23-16-6-4-5-15(21)12(16)2/h4-10H,3,11H2,1-2H3,(H,22,27)(H,23,26). The Kier molecular flexibility index (Phi) is 6.06. The van der Waals surface area contributed by atoms with Crippen molar-refractivity contribution in [3.63, 3.8) is 0 Å². The Balaban J connectivity index is 1.57. The van der Waals surface area contributed by atoms with Crippen LogP contribution in [-0.4, -0.2) is 28.5 Å². The lowest BCUT2D eigenvalue weighted by atomic mass is 10.1. The average Bonchev–Trinajstić information content (AvgIpc) is 3.19. The minimum atomic E-state index is -0.355. The van der Waals surface area contributed by atoms with Crippen molar-refractivity contribution in [1.82, 2.24) is 15.5 Å². The summed E-state index contributed by atoms with van der Waals surface area (Å²) >= 11 is 6.04. The summed E-state index contributed by atoms with van der Waals surface area (Å²) in [5.74, 6) is 0.332. The van der Waals surface area contributed by atoms with Crippen LogP contribution < -0.4 is 10.6 Å². The van der Waals surface area contributed by atoms with Gasteiger partial charge in [-0.2, -0.15) is 4.98 Å². The van der Waals surface area contributed by atoms with Crippen LogP contribution in [0.15, 0.2) is 47.0 Å². The van der Waals surface area contributed by atoms with Gasteiger partial charge in [-0.15, -0.1) is 0 Å². The Hall–Kier alpha value is -3.19. The zero-order chi connectivity index (χ0) is 20.1. The van der Waals surface area contributed by atoms with Gasteiger partial charge >= 0.3 is 0 Å². The van der Waals surface area contributed by atoms with E-state index in [1.807, 2.05) is 13.8 Å². The second-order valence-electron chi connectivity index (χ2n) is 6.09. The van der Waals surface area contributed by atoms with Crippen LogP contribution in [0.5, 0.6) is 0 Å². The molecule has 0 aliphatic heterocycles. The second kappa shape index (κ2) is 8.67. The summed E-state index contributed by atoms with van der Waals surface area (Å²) < 4.78 is 5.08. The number of anilines is 1. The highest BCUT2D eigenvalue weighted by molar-refractivity contribution is 6.31. The topological polar surface area (TPSA) is 97.1 Å². The smallest absolute Gasteiger partial charge is 0.251 e. The van der Waals surface area contributed by atoms with E-state index in [-0.39, 0.29) is 18.4 Å². The first-order chi connectivity index (χ1) is 13.5. The molecular formula is C20H19ClN4O3. The van der Waals surface area contributed by atoms with Crippen molar-refractivity contribution in [2.24, 2.45) is 0 Å². The predicted octanol–water partition coefficient (Wildman–Crippen LogP) is 3.63. The minimum Gasteiger partial charge on any atom is -0.343 e. The fourth-order valence-corrected chi connectivity index (χ4v) is 2.66. The molecular weight excluding hydrogens is 380 g/mol. The fourth-order valence-electron chi connectivity index (χ4n) is 2.49. The fraction of sp³-hybridized carbons (Fsp3) is 0.200. The van der Waals surface area contributed by atoms with Crippen molar-refractivity contribution >= 4 is 29.1 Å². The number of hydrogen-bond donors (Lipinski definition) is 2. The lowest BCUT2D eigenvalue weighted by molar-refractivity contribution is -0.115. The number of halogens is 1. The van der Waals surface area contributed by atoms with Crippen molar-refractivity contribution in [2.75, 3.05) is 11.9 Å². The van der Waals surface area contributed by atoms with Crippen LogP contribution in [-0.2, 0) is 11.2 Å². The van der Waals surface area contributed by atoms with E-state index in [1.165, 1.54) is 0 Å². The van der Waals surface area contributed by atoms with Gasteiger partial charge in [-0.1, -0.05) is 41.9 Å². The number of nitrogens with one attached hydrogen (secondary N) is 2. The molecule has 0 unspecified atom stereocenters. The predicted molar refractivity (Wildman–Crippen MR) is 106 cm³/mol. The van der Waals surface area contributed by atoms with Gasteiger partial charge in [0.15, 0.2) is 0 Å². The van der Waals surface area contributed by atoms with Gasteiger partial charge in [0, 0.05) is 28.3 Å². The molecule has 2 aromatic carbocycles. The van der Waals surface area contributed by atoms with Gasteiger partial charge in [-0.3, -0.25) is 9.59 Å². The first-order valence-electron chi connectivity index (χ1n) is 8.74. The van der Waals surface area contributed by atoms with Crippen molar-refractivity contribution in [1.29, 1.82) is 0 Å². The number of carbonyl (C=O) groups excluding carboxylic acids is 2. The van der Waals surface area contributed by atoms with Gasteiger partial charge in [0.25, 0.3) is 5.91 Å². The third-order valence-electron chi connectivity index (χ3n) is 4.13. The number of rotatable bonds is 6. The minimum absolute atomic E-state index is 0.156. The van der Waals surface area contributed by atoms with E-state index in [0.717, 1.165) is 11.1 Å². The summed E-state index contributed by atoms with van der Waals surface area (Å²) in [6.45, 7) is 3.58. The Morgan fingerprint density at radius 2 is 1.89 bits per heavy atom. The van der Waals surface area contributed by atoms with Crippen LogP contribution in [0.25, 0.3) is 11.4 Å². The summed E-state index contributed by atoms with van der Waals surface area (Å²) in [5.41, 5.74) is 2.55. The van der Waals surface area contributed by atoms with E-state index in [4.69, 9.17) is 16.1 Å². The van der Waals surface area contributed by atoms with E-state index in [2.05, 4.69) is 20.8 Å². The summed E-state index contributed by atoms with van der Waals surface area (Å²) in [6.07, 6.45) is 0.657. The SMILES string of the molecule is CCc1nc(-c2ccc(C(=O)NCC(=O)Nc3cccc(Cl)c3C)cc2)no1. The maximum atomic E-state index is 12.3. The number of aromatic nitrogens is 2. The molecule has 0 atom stereocenters. The number of carbonyl (C=O) groups is 2. The molecule has 1 heterocycles. The van der Waals surface area contributed by atoms with E-state index in [9.17, 15) is 9.59 Å². The summed E-state index contributed by atoms with van der Waals surface area (Å²) in [5, 5.41) is 9.78. The highest BCUT2D eigenvalue weighted by atomic mass is 35.5. The summed E-state index contributed by atoms with van der Waals surface area (Å²) in [6, 6.07) is 12.0. The zero-order valence-corrected chi connectivity index (χ0v) is 16.2. The van der Waals surface area contributed by atoms with Crippen molar-refractivity contribution in [2.45, 2.75) is 20.3 Å². The Morgan fingerprint density at radius 1 is 1.14 bits per heavy atom. The molecule has 0 aliphatic carbocycles. The molecule has 0 fully saturated rings. The normalized spacial score (nSPS) is 10.5. The van der Waals surface area contributed by atoms with Crippen LogP contribution >= 0.6 is 11.6 Å². The van der Waals surface area contributed by atoms with Crippen molar-refractivity contribution in [3.05, 3.63) is 64.5 Å². The highest BCUT2D eigenvalue weighted by Gasteiger charge is 2.12. The lowest BCUT2D eigenvalue weighted by Gasteiger charge is -2.10. The number of amides is 2. The largest absolute Gasteiger partial charge is 0.343 e. The van der Waals surface area contributed by atoms with Crippen LogP contribution in [0, 0.1) is 6.92 Å². The summed E-state index contributed by atoms with van der Waals surface area (Å²) in [7, 11) is 0. The van der Waals surface area contributed by atoms with E-state index < -0.39 is 0 Å². The van der Waals surface area contributed by atoms with Crippen molar-refractivity contribution < 1.29 is 14.1 Å². The molecule has 0 spiro atoms. The molecule has 3 rings (SSSR count). The van der Waals surface area contributed by atoms with E-state index >= 15 is 0 Å². The van der Waals surface area contributed by atoms with E-state index in [0.29, 0.717) is 34.4 Å². The van der Waals surface area contributed by atoms with Gasteiger partial charge in [0.2, 0.25) is 17.6 Å². The Bertz CT molecular complexity index is 999. The zero-order valence-electron chi connectivity index (χ0n) is 15.5. The van der Waals surface area contributed by atoms with Gasteiger partial charge in [0.05, 0.1) is 6.54 Å². The molecule has 28 heavy (non-hydrogen) atoms. The molecule has 0 saturated heterocycles. The first kappa shape index (κ1) is 19.6. The third-order valence-corrected chi connectivity index (χ3v) is 4.54. The molecule has 3 aromatic rings. The monoisotopic (exact) mass is 398 g/mol. The molecule has 0 aliphatic rings. The molecule has 7 nitrogen and oxygen atoms in total. The molecule has 0 saturated carbocycles. The maximum Gasteiger partial charge on any atom is 0.251 e. The second-order valence-corrected chi connectivity index (χ2v) is 6.49. The van der Waals surface area contributed by atoms with Crippen LogP contribution in [0.3, 0.4) is 0 Å². The Morgan fingerprint density at radius 3 is 2.57 bits per heavy atom. The van der Waals surface area contributed by atoms with Gasteiger partial charge < -0.3 is 15.2 Å². The van der Waals surface area contributed by atoms with Gasteiger partial charge in [-0.25, -0.2) is 0 Å².